The van der Waals surface area contributed by atoms with Gasteiger partial charge in [-0.15, -0.1) is 0 Å². The summed E-state index contributed by atoms with van der Waals surface area (Å²) in [4.78, 5) is 10.5. The Labute approximate surface area is 135 Å². The molecular weight excluding hydrogens is 298 g/mol. The Bertz CT molecular complexity index is 660. The van der Waals surface area contributed by atoms with Crippen LogP contribution in [0.3, 0.4) is 0 Å². The number of likely N-dealkylation sites (tertiary alicyclic amines) is 1. The number of likely N-dealkylation sites (N-methyl/N-ethyl adjacent to an activating group) is 1. The van der Waals surface area contributed by atoms with E-state index in [1.165, 1.54) is 6.42 Å². The molecule has 2 aromatic rings. The minimum Gasteiger partial charge on any atom is -0.490 e. The first kappa shape index (κ1) is 15.0. The molecule has 0 saturated carbocycles. The molecule has 1 fully saturated rings. The number of aromatic nitrogens is 2. The summed E-state index contributed by atoms with van der Waals surface area (Å²) in [5.74, 6) is 0.749. The van der Waals surface area contributed by atoms with Gasteiger partial charge in [0, 0.05) is 24.0 Å². The van der Waals surface area contributed by atoms with Gasteiger partial charge in [0.15, 0.2) is 0 Å². The number of rotatable bonds is 5. The molecule has 0 aromatic carbocycles. The molecular formula is C17H18ClN3O. The van der Waals surface area contributed by atoms with Gasteiger partial charge >= 0.3 is 0 Å². The molecule has 0 N–H and O–H groups in total. The third-order valence-electron chi connectivity index (χ3n) is 3.88. The lowest BCUT2D eigenvalue weighted by molar-refractivity contribution is 0.0767. The second kappa shape index (κ2) is 6.90. The molecule has 3 rings (SSSR count). The quantitative estimate of drug-likeness (QED) is 0.793. The summed E-state index contributed by atoms with van der Waals surface area (Å²) < 4.78 is 5.82. The normalized spacial score (nSPS) is 18.4. The largest absolute Gasteiger partial charge is 0.490 e. The Morgan fingerprint density at radius 2 is 2.18 bits per heavy atom. The maximum atomic E-state index is 6.15. The highest BCUT2D eigenvalue weighted by Gasteiger charge is 2.24. The number of pyridine rings is 2. The van der Waals surface area contributed by atoms with Crippen molar-refractivity contribution in [3.63, 3.8) is 0 Å². The van der Waals surface area contributed by atoms with E-state index in [4.69, 9.17) is 16.3 Å². The molecule has 1 unspecified atom stereocenters. The third-order valence-corrected chi connectivity index (χ3v) is 4.20. The van der Waals surface area contributed by atoms with E-state index in [0.29, 0.717) is 17.8 Å². The molecule has 1 aliphatic rings. The number of hydrogen-bond donors (Lipinski definition) is 0. The van der Waals surface area contributed by atoms with Crippen molar-refractivity contribution in [3.8, 4) is 5.75 Å². The van der Waals surface area contributed by atoms with Crippen LogP contribution in [0.1, 0.15) is 17.5 Å². The van der Waals surface area contributed by atoms with Crippen molar-refractivity contribution >= 4 is 23.8 Å². The first-order valence-electron chi connectivity index (χ1n) is 7.29. The zero-order chi connectivity index (χ0) is 15.4. The summed E-state index contributed by atoms with van der Waals surface area (Å²) in [6.07, 6.45) is 10.3. The molecule has 114 valence electrons. The smallest absolute Gasteiger partial charge is 0.138 e. The second-order valence-electron chi connectivity index (χ2n) is 5.40. The summed E-state index contributed by atoms with van der Waals surface area (Å²) in [6, 6.07) is 6.30. The van der Waals surface area contributed by atoms with Crippen molar-refractivity contribution in [1.29, 1.82) is 0 Å². The van der Waals surface area contributed by atoms with Gasteiger partial charge in [-0.2, -0.15) is 0 Å². The summed E-state index contributed by atoms with van der Waals surface area (Å²) in [7, 11) is 2.11. The van der Waals surface area contributed by atoms with E-state index in [0.717, 1.165) is 23.4 Å². The molecule has 0 bridgehead atoms. The fraction of sp³-hybridized carbons (Fsp3) is 0.294. The maximum absolute atomic E-state index is 6.15. The van der Waals surface area contributed by atoms with E-state index in [1.807, 2.05) is 30.4 Å². The maximum Gasteiger partial charge on any atom is 0.138 e. The van der Waals surface area contributed by atoms with Crippen LogP contribution in [-0.4, -0.2) is 41.1 Å². The first-order chi connectivity index (χ1) is 10.7. The van der Waals surface area contributed by atoms with E-state index < -0.39 is 0 Å². The lowest BCUT2D eigenvalue weighted by Crippen LogP contribution is -2.48. The third kappa shape index (κ3) is 3.64. The Hall–Kier alpha value is -1.91. The van der Waals surface area contributed by atoms with E-state index in [-0.39, 0.29) is 0 Å². The van der Waals surface area contributed by atoms with Crippen molar-refractivity contribution in [3.05, 3.63) is 53.1 Å². The van der Waals surface area contributed by atoms with Crippen molar-refractivity contribution in [2.45, 2.75) is 12.5 Å². The van der Waals surface area contributed by atoms with Crippen molar-refractivity contribution in [1.82, 2.24) is 14.9 Å². The molecule has 0 amide bonds. The molecule has 1 atom stereocenters. The van der Waals surface area contributed by atoms with E-state index >= 15 is 0 Å². The van der Waals surface area contributed by atoms with Gasteiger partial charge in [-0.1, -0.05) is 23.8 Å². The van der Waals surface area contributed by atoms with Gasteiger partial charge in [0.2, 0.25) is 0 Å². The minimum absolute atomic E-state index is 0.471. The molecule has 1 aliphatic heterocycles. The van der Waals surface area contributed by atoms with Crippen LogP contribution >= 0.6 is 11.6 Å². The SMILES string of the molecule is CN1CCC1COc1cnc(Cl)c(/C=C/c2ccncc2)c1. The topological polar surface area (TPSA) is 38.2 Å². The second-order valence-corrected chi connectivity index (χ2v) is 5.76. The van der Waals surface area contributed by atoms with Gasteiger partial charge in [0.1, 0.15) is 17.5 Å². The predicted molar refractivity (Wildman–Crippen MR) is 88.9 cm³/mol. The van der Waals surface area contributed by atoms with Crippen molar-refractivity contribution in [2.24, 2.45) is 0 Å². The van der Waals surface area contributed by atoms with Crippen LogP contribution in [0.15, 0.2) is 36.8 Å². The van der Waals surface area contributed by atoms with Crippen LogP contribution < -0.4 is 4.74 Å². The molecule has 0 aliphatic carbocycles. The van der Waals surface area contributed by atoms with Crippen LogP contribution in [0.25, 0.3) is 12.2 Å². The molecule has 22 heavy (non-hydrogen) atoms. The predicted octanol–water partition coefficient (Wildman–Crippen LogP) is 3.38. The highest BCUT2D eigenvalue weighted by Crippen LogP contribution is 2.23. The van der Waals surface area contributed by atoms with Gasteiger partial charge in [0.25, 0.3) is 0 Å². The van der Waals surface area contributed by atoms with Gasteiger partial charge in [0.05, 0.1) is 6.20 Å². The minimum atomic E-state index is 0.471. The highest BCUT2D eigenvalue weighted by atomic mass is 35.5. The van der Waals surface area contributed by atoms with Gasteiger partial charge < -0.3 is 4.74 Å². The zero-order valence-corrected chi connectivity index (χ0v) is 13.2. The van der Waals surface area contributed by atoms with Crippen LogP contribution in [0.2, 0.25) is 5.15 Å². The monoisotopic (exact) mass is 315 g/mol. The Morgan fingerprint density at radius 1 is 1.36 bits per heavy atom. The summed E-state index contributed by atoms with van der Waals surface area (Å²) in [5.41, 5.74) is 1.91. The Balaban J connectivity index is 1.68. The molecule has 3 heterocycles. The first-order valence-corrected chi connectivity index (χ1v) is 7.67. The lowest BCUT2D eigenvalue weighted by atomic mass is 10.1. The van der Waals surface area contributed by atoms with Crippen LogP contribution in [-0.2, 0) is 0 Å². The Morgan fingerprint density at radius 3 is 2.86 bits per heavy atom. The number of nitrogens with zero attached hydrogens (tertiary/aromatic N) is 3. The molecule has 5 heteroatoms. The highest BCUT2D eigenvalue weighted by molar-refractivity contribution is 6.31. The average Bonchev–Trinajstić information content (AvgIpc) is 2.54. The Kier molecular flexibility index (Phi) is 4.71. The number of ether oxygens (including phenoxy) is 1. The standard InChI is InChI=1S/C17H18ClN3O/c1-21-9-6-15(21)12-22-16-10-14(17(18)20-11-16)3-2-13-4-7-19-8-5-13/h2-5,7-8,10-11,15H,6,9,12H2,1H3/b3-2+. The average molecular weight is 316 g/mol. The van der Waals surface area contributed by atoms with E-state index in [9.17, 15) is 0 Å². The van der Waals surface area contributed by atoms with Crippen molar-refractivity contribution in [2.75, 3.05) is 20.2 Å². The van der Waals surface area contributed by atoms with Crippen molar-refractivity contribution < 1.29 is 4.74 Å². The number of hydrogen-bond acceptors (Lipinski definition) is 4. The van der Waals surface area contributed by atoms with Gasteiger partial charge in [-0.05, 0) is 43.8 Å². The van der Waals surface area contributed by atoms with E-state index in [1.54, 1.807) is 18.6 Å². The number of halogens is 1. The summed E-state index contributed by atoms with van der Waals surface area (Å²) in [5, 5.41) is 0.471. The van der Waals surface area contributed by atoms with Crippen LogP contribution in [0, 0.1) is 0 Å². The summed E-state index contributed by atoms with van der Waals surface area (Å²) in [6.45, 7) is 1.83. The summed E-state index contributed by atoms with van der Waals surface area (Å²) >= 11 is 6.15. The molecule has 4 nitrogen and oxygen atoms in total. The molecule has 1 saturated heterocycles. The zero-order valence-electron chi connectivity index (χ0n) is 12.4. The van der Waals surface area contributed by atoms with Crippen LogP contribution in [0.5, 0.6) is 5.75 Å². The van der Waals surface area contributed by atoms with Gasteiger partial charge in [-0.3, -0.25) is 9.88 Å². The molecule has 0 radical (unpaired) electrons. The van der Waals surface area contributed by atoms with Gasteiger partial charge in [-0.25, -0.2) is 4.98 Å². The van der Waals surface area contributed by atoms with E-state index in [2.05, 4.69) is 21.9 Å². The molecule has 2 aromatic heterocycles. The molecule has 0 spiro atoms. The fourth-order valence-corrected chi connectivity index (χ4v) is 2.44. The lowest BCUT2D eigenvalue weighted by Gasteiger charge is -2.37. The van der Waals surface area contributed by atoms with Crippen LogP contribution in [0.4, 0.5) is 0 Å². The fourth-order valence-electron chi connectivity index (χ4n) is 2.27.